The van der Waals surface area contributed by atoms with E-state index in [1.807, 2.05) is 6.92 Å². The molecule has 2 aromatic rings. The van der Waals surface area contributed by atoms with Crippen molar-refractivity contribution >= 4 is 16.7 Å². The molecule has 4 nitrogen and oxygen atoms in total. The molecule has 0 aliphatic carbocycles. The van der Waals surface area contributed by atoms with Crippen LogP contribution in [-0.2, 0) is 20.8 Å². The van der Waals surface area contributed by atoms with Crippen LogP contribution in [0.5, 0.6) is 0 Å². The maximum Gasteiger partial charge on any atom is 0.305 e. The predicted octanol–water partition coefficient (Wildman–Crippen LogP) is 4.70. The first-order valence-electron chi connectivity index (χ1n) is 10.7. The van der Waals surface area contributed by atoms with E-state index in [-0.39, 0.29) is 17.7 Å². The van der Waals surface area contributed by atoms with Gasteiger partial charge in [0.2, 0.25) is 0 Å². The Morgan fingerprint density at radius 3 is 2.96 bits per heavy atom. The van der Waals surface area contributed by atoms with Crippen LogP contribution in [0, 0.1) is 0 Å². The molecule has 2 aromatic carbocycles. The van der Waals surface area contributed by atoms with Gasteiger partial charge in [0.15, 0.2) is 0 Å². The van der Waals surface area contributed by atoms with Crippen molar-refractivity contribution in [2.75, 3.05) is 19.7 Å². The first-order valence-corrected chi connectivity index (χ1v) is 10.7. The number of nitrogens with zero attached hydrogens (tertiary/aromatic N) is 1. The molecule has 4 rings (SSSR count). The molecule has 1 spiro atoms. The number of rotatable bonds is 6. The third-order valence-electron chi connectivity index (χ3n) is 6.21. The Morgan fingerprint density at radius 1 is 1.21 bits per heavy atom. The molecular formula is C24H31NO3. The highest BCUT2D eigenvalue weighted by atomic mass is 16.5. The minimum Gasteiger partial charge on any atom is -0.466 e. The number of ether oxygens (including phenoxy) is 2. The highest BCUT2D eigenvalue weighted by Gasteiger charge is 2.43. The molecule has 0 N–H and O–H groups in total. The molecule has 2 aliphatic heterocycles. The van der Waals surface area contributed by atoms with Crippen LogP contribution >= 0.6 is 0 Å². The summed E-state index contributed by atoms with van der Waals surface area (Å²) in [6.07, 6.45) is 5.92. The second-order valence-electron chi connectivity index (χ2n) is 8.26. The van der Waals surface area contributed by atoms with E-state index in [0.717, 1.165) is 45.3 Å². The van der Waals surface area contributed by atoms with Crippen molar-refractivity contribution < 1.29 is 14.3 Å². The summed E-state index contributed by atoms with van der Waals surface area (Å²) in [6.45, 7) is 5.40. The van der Waals surface area contributed by atoms with Crippen molar-refractivity contribution in [2.24, 2.45) is 0 Å². The lowest BCUT2D eigenvalue weighted by molar-refractivity contribution is -0.144. The molecule has 28 heavy (non-hydrogen) atoms. The lowest BCUT2D eigenvalue weighted by atomic mass is 9.89. The Balaban J connectivity index is 1.37. The van der Waals surface area contributed by atoms with Crippen molar-refractivity contribution in [1.29, 1.82) is 0 Å². The standard InChI is InChI=1S/C24H31NO3/c1-2-27-23(26)12-11-21-13-15-24(28-21)14-6-16-25(18-24)17-20-9-5-8-19-7-3-4-10-22(19)20/h3-5,7-10,21H,2,6,11-18H2,1H3/t21-,24-/m0/s1. The monoisotopic (exact) mass is 381 g/mol. The van der Waals surface area contributed by atoms with Gasteiger partial charge in [-0.25, -0.2) is 0 Å². The number of hydrogen-bond donors (Lipinski definition) is 0. The number of benzene rings is 2. The summed E-state index contributed by atoms with van der Waals surface area (Å²) in [5.74, 6) is -0.103. The van der Waals surface area contributed by atoms with Gasteiger partial charge in [0.1, 0.15) is 0 Å². The molecule has 2 fully saturated rings. The Bertz CT molecular complexity index is 815. The number of fused-ring (bicyclic) bond motifs is 1. The van der Waals surface area contributed by atoms with Crippen LogP contribution in [-0.4, -0.2) is 42.3 Å². The van der Waals surface area contributed by atoms with Crippen LogP contribution < -0.4 is 0 Å². The maximum absolute atomic E-state index is 11.6. The normalized spacial score (nSPS) is 25.4. The smallest absolute Gasteiger partial charge is 0.305 e. The first-order chi connectivity index (χ1) is 13.7. The van der Waals surface area contributed by atoms with Crippen LogP contribution in [0.1, 0.15) is 51.0 Å². The van der Waals surface area contributed by atoms with Crippen molar-refractivity contribution in [1.82, 2.24) is 4.90 Å². The van der Waals surface area contributed by atoms with Gasteiger partial charge in [-0.15, -0.1) is 0 Å². The molecule has 0 aromatic heterocycles. The Morgan fingerprint density at radius 2 is 2.07 bits per heavy atom. The number of carbonyl (C=O) groups is 1. The zero-order valence-electron chi connectivity index (χ0n) is 16.9. The minimum atomic E-state index is -0.103. The molecule has 150 valence electrons. The summed E-state index contributed by atoms with van der Waals surface area (Å²) in [5.41, 5.74) is 1.37. The van der Waals surface area contributed by atoms with Gasteiger partial charge in [-0.2, -0.15) is 0 Å². The Hall–Kier alpha value is -1.91. The highest BCUT2D eigenvalue weighted by molar-refractivity contribution is 5.85. The van der Waals surface area contributed by atoms with Crippen LogP contribution in [0.15, 0.2) is 42.5 Å². The molecule has 0 amide bonds. The number of carbonyl (C=O) groups excluding carboxylic acids is 1. The molecular weight excluding hydrogens is 350 g/mol. The Labute approximate surface area is 167 Å². The molecule has 2 heterocycles. The fraction of sp³-hybridized carbons (Fsp3) is 0.542. The largest absolute Gasteiger partial charge is 0.466 e. The average Bonchev–Trinajstić information content (AvgIpc) is 3.09. The van der Waals surface area contributed by atoms with Crippen molar-refractivity contribution in [3.05, 3.63) is 48.0 Å². The number of hydrogen-bond acceptors (Lipinski definition) is 4. The summed E-state index contributed by atoms with van der Waals surface area (Å²) in [6, 6.07) is 15.2. The zero-order chi connectivity index (χ0) is 19.4. The molecule has 0 bridgehead atoms. The summed E-state index contributed by atoms with van der Waals surface area (Å²) in [7, 11) is 0. The molecule has 0 radical (unpaired) electrons. The first kappa shape index (κ1) is 19.4. The van der Waals surface area contributed by atoms with E-state index >= 15 is 0 Å². The van der Waals surface area contributed by atoms with Crippen LogP contribution in [0.25, 0.3) is 10.8 Å². The summed E-state index contributed by atoms with van der Waals surface area (Å²) in [4.78, 5) is 14.2. The van der Waals surface area contributed by atoms with Gasteiger partial charge in [0.05, 0.1) is 18.3 Å². The minimum absolute atomic E-state index is 0.0256. The average molecular weight is 382 g/mol. The lowest BCUT2D eigenvalue weighted by Gasteiger charge is -2.40. The fourth-order valence-electron chi connectivity index (χ4n) is 4.91. The van der Waals surface area contributed by atoms with Gasteiger partial charge < -0.3 is 9.47 Å². The van der Waals surface area contributed by atoms with E-state index < -0.39 is 0 Å². The third-order valence-corrected chi connectivity index (χ3v) is 6.21. The molecule has 2 aliphatic rings. The third kappa shape index (κ3) is 4.39. The maximum atomic E-state index is 11.6. The summed E-state index contributed by atoms with van der Waals surface area (Å²) < 4.78 is 11.6. The Kier molecular flexibility index (Phi) is 5.98. The van der Waals surface area contributed by atoms with E-state index in [9.17, 15) is 4.79 Å². The van der Waals surface area contributed by atoms with E-state index in [1.165, 1.54) is 22.8 Å². The fourth-order valence-corrected chi connectivity index (χ4v) is 4.91. The van der Waals surface area contributed by atoms with Gasteiger partial charge in [-0.3, -0.25) is 9.69 Å². The van der Waals surface area contributed by atoms with E-state index in [1.54, 1.807) is 0 Å². The van der Waals surface area contributed by atoms with Crippen molar-refractivity contribution in [3.8, 4) is 0 Å². The summed E-state index contributed by atoms with van der Waals surface area (Å²) in [5, 5.41) is 2.66. The SMILES string of the molecule is CCOC(=O)CC[C@H]1CC[C@]2(CCCN(Cc3cccc4ccccc34)C2)O1. The van der Waals surface area contributed by atoms with Crippen LogP contribution in [0.4, 0.5) is 0 Å². The van der Waals surface area contributed by atoms with Gasteiger partial charge in [0.25, 0.3) is 0 Å². The highest BCUT2D eigenvalue weighted by Crippen LogP contribution is 2.39. The van der Waals surface area contributed by atoms with Gasteiger partial charge in [-0.05, 0) is 61.9 Å². The van der Waals surface area contributed by atoms with Crippen molar-refractivity contribution in [3.63, 3.8) is 0 Å². The molecule has 2 saturated heterocycles. The second-order valence-corrected chi connectivity index (χ2v) is 8.26. The molecule has 2 atom stereocenters. The van der Waals surface area contributed by atoms with E-state index in [2.05, 4.69) is 47.4 Å². The number of likely N-dealkylation sites (tertiary alicyclic amines) is 1. The lowest BCUT2D eigenvalue weighted by Crippen LogP contribution is -2.47. The molecule has 0 saturated carbocycles. The topological polar surface area (TPSA) is 38.8 Å². The van der Waals surface area contributed by atoms with Gasteiger partial charge in [-0.1, -0.05) is 42.5 Å². The number of piperidine rings is 1. The van der Waals surface area contributed by atoms with Gasteiger partial charge in [0, 0.05) is 19.5 Å². The predicted molar refractivity (Wildman–Crippen MR) is 111 cm³/mol. The zero-order valence-corrected chi connectivity index (χ0v) is 16.9. The second kappa shape index (κ2) is 8.62. The van der Waals surface area contributed by atoms with E-state index in [0.29, 0.717) is 13.0 Å². The van der Waals surface area contributed by atoms with E-state index in [4.69, 9.17) is 9.47 Å². The van der Waals surface area contributed by atoms with Crippen molar-refractivity contribution in [2.45, 2.75) is 63.7 Å². The van der Waals surface area contributed by atoms with Crippen LogP contribution in [0.3, 0.4) is 0 Å². The number of esters is 1. The molecule has 4 heteroatoms. The molecule has 0 unspecified atom stereocenters. The quantitative estimate of drug-likeness (QED) is 0.680. The van der Waals surface area contributed by atoms with Gasteiger partial charge >= 0.3 is 5.97 Å². The summed E-state index contributed by atoms with van der Waals surface area (Å²) >= 11 is 0. The van der Waals surface area contributed by atoms with Crippen LogP contribution in [0.2, 0.25) is 0 Å².